The quantitative estimate of drug-likeness (QED) is 0.560. The summed E-state index contributed by atoms with van der Waals surface area (Å²) < 4.78 is 10.1. The van der Waals surface area contributed by atoms with Crippen LogP contribution in [0.15, 0.2) is 12.2 Å². The van der Waals surface area contributed by atoms with Crippen LogP contribution in [0.3, 0.4) is 0 Å². The van der Waals surface area contributed by atoms with Gasteiger partial charge in [-0.3, -0.25) is 4.79 Å². The van der Waals surface area contributed by atoms with Gasteiger partial charge in [0.2, 0.25) is 5.91 Å². The first-order valence-corrected chi connectivity index (χ1v) is 8.82. The summed E-state index contributed by atoms with van der Waals surface area (Å²) >= 11 is 0. The number of hydrogen-bond acceptors (Lipinski definition) is 5. The molecule has 142 valence electrons. The molecular formula is C18H30N2O5. The van der Waals surface area contributed by atoms with Gasteiger partial charge in [-0.15, -0.1) is 0 Å². The Morgan fingerprint density at radius 1 is 1.36 bits per heavy atom. The molecule has 25 heavy (non-hydrogen) atoms. The Labute approximate surface area is 149 Å². The lowest BCUT2D eigenvalue weighted by molar-refractivity contribution is -0.137. The third-order valence-electron chi connectivity index (χ3n) is 3.66. The van der Waals surface area contributed by atoms with Crippen molar-refractivity contribution < 1.29 is 23.9 Å². The molecule has 0 aromatic carbocycles. The molecule has 1 heterocycles. The van der Waals surface area contributed by atoms with Crippen LogP contribution in [-0.2, 0) is 19.1 Å². The summed E-state index contributed by atoms with van der Waals surface area (Å²) in [6, 6.07) is -0.780. The van der Waals surface area contributed by atoms with E-state index in [1.807, 2.05) is 6.92 Å². The number of carbonyl (C=O) groups is 3. The Hall–Kier alpha value is -2.05. The summed E-state index contributed by atoms with van der Waals surface area (Å²) in [4.78, 5) is 37.7. The van der Waals surface area contributed by atoms with Gasteiger partial charge in [0.25, 0.3) is 0 Å². The molecule has 1 aliphatic heterocycles. The van der Waals surface area contributed by atoms with Crippen LogP contribution in [-0.4, -0.2) is 53.7 Å². The molecule has 0 aliphatic carbocycles. The van der Waals surface area contributed by atoms with Gasteiger partial charge in [-0.2, -0.15) is 0 Å². The van der Waals surface area contributed by atoms with Gasteiger partial charge in [-0.1, -0.05) is 19.4 Å². The maximum atomic E-state index is 12.6. The Kier molecular flexibility index (Phi) is 7.93. The maximum Gasteiger partial charge on any atom is 0.408 e. The first kappa shape index (κ1) is 21.0. The number of ether oxygens (including phenoxy) is 2. The molecule has 0 bridgehead atoms. The maximum absolute atomic E-state index is 12.6. The second kappa shape index (κ2) is 9.44. The van der Waals surface area contributed by atoms with E-state index >= 15 is 0 Å². The van der Waals surface area contributed by atoms with Crippen LogP contribution in [0.25, 0.3) is 0 Å². The van der Waals surface area contributed by atoms with Crippen molar-refractivity contribution in [3.63, 3.8) is 0 Å². The molecule has 2 amide bonds. The molecule has 1 N–H and O–H groups in total. The highest BCUT2D eigenvalue weighted by Gasteiger charge is 2.36. The summed E-state index contributed by atoms with van der Waals surface area (Å²) in [6.45, 7) is 9.91. The zero-order valence-corrected chi connectivity index (χ0v) is 15.8. The Bertz CT molecular complexity index is 510. The van der Waals surface area contributed by atoms with Crippen molar-refractivity contribution in [2.75, 3.05) is 13.2 Å². The molecule has 2 atom stereocenters. The lowest BCUT2D eigenvalue weighted by Gasteiger charge is -2.26. The minimum Gasteiger partial charge on any atom is -0.463 e. The van der Waals surface area contributed by atoms with Gasteiger partial charge >= 0.3 is 12.1 Å². The van der Waals surface area contributed by atoms with Crippen molar-refractivity contribution in [3.05, 3.63) is 12.2 Å². The van der Waals surface area contributed by atoms with Gasteiger partial charge < -0.3 is 19.7 Å². The fourth-order valence-electron chi connectivity index (χ4n) is 2.65. The topological polar surface area (TPSA) is 84.9 Å². The summed E-state index contributed by atoms with van der Waals surface area (Å²) in [7, 11) is 0. The molecule has 7 heteroatoms. The van der Waals surface area contributed by atoms with Crippen LogP contribution in [0.2, 0.25) is 0 Å². The van der Waals surface area contributed by atoms with E-state index in [1.165, 1.54) is 6.08 Å². The third-order valence-corrected chi connectivity index (χ3v) is 3.66. The molecule has 0 radical (unpaired) electrons. The summed E-state index contributed by atoms with van der Waals surface area (Å²) in [5, 5.41) is 2.63. The number of nitrogens with one attached hydrogen (secondary N) is 1. The molecule has 1 aliphatic rings. The van der Waals surface area contributed by atoms with E-state index < -0.39 is 23.7 Å². The van der Waals surface area contributed by atoms with Crippen molar-refractivity contribution in [1.29, 1.82) is 0 Å². The van der Waals surface area contributed by atoms with Crippen LogP contribution >= 0.6 is 0 Å². The molecule has 0 spiro atoms. The van der Waals surface area contributed by atoms with Crippen molar-refractivity contribution in [1.82, 2.24) is 10.2 Å². The lowest BCUT2D eigenvalue weighted by atomic mass is 10.1. The van der Waals surface area contributed by atoms with E-state index in [9.17, 15) is 14.4 Å². The molecule has 7 nitrogen and oxygen atoms in total. The lowest BCUT2D eigenvalue weighted by Crippen LogP contribution is -2.45. The van der Waals surface area contributed by atoms with Crippen LogP contribution < -0.4 is 5.32 Å². The molecule has 0 aromatic heterocycles. The number of hydrogen-bond donors (Lipinski definition) is 1. The summed E-state index contributed by atoms with van der Waals surface area (Å²) in [5.41, 5.74) is -0.613. The largest absolute Gasteiger partial charge is 0.463 e. The predicted molar refractivity (Wildman–Crippen MR) is 94.0 cm³/mol. The number of alkyl carbamates (subject to hydrolysis) is 1. The van der Waals surface area contributed by atoms with Gasteiger partial charge in [0, 0.05) is 12.6 Å². The normalized spacial score (nSPS) is 19.2. The van der Waals surface area contributed by atoms with Crippen LogP contribution in [0.4, 0.5) is 4.79 Å². The highest BCUT2D eigenvalue weighted by Crippen LogP contribution is 2.19. The smallest absolute Gasteiger partial charge is 0.408 e. The van der Waals surface area contributed by atoms with Crippen molar-refractivity contribution in [2.45, 2.75) is 71.6 Å². The molecule has 1 rings (SSSR count). The van der Waals surface area contributed by atoms with Gasteiger partial charge in [0.05, 0.1) is 12.6 Å². The minimum atomic E-state index is -0.613. The van der Waals surface area contributed by atoms with Crippen LogP contribution in [0, 0.1) is 0 Å². The van der Waals surface area contributed by atoms with Crippen LogP contribution in [0.5, 0.6) is 0 Å². The second-order valence-electron chi connectivity index (χ2n) is 6.99. The Balaban J connectivity index is 2.69. The van der Waals surface area contributed by atoms with Gasteiger partial charge in [-0.25, -0.2) is 9.59 Å². The standard InChI is InChI=1S/C18H30N2O5/c1-6-8-13(9-10-15(21)24-7-2)20-12-11-14(16(20)22)19-17(23)25-18(3,4)5/h9-10,13-14H,6-8,11-12H2,1-5H3,(H,19,23)/b10-9+. The van der Waals surface area contributed by atoms with E-state index in [2.05, 4.69) is 5.32 Å². The zero-order chi connectivity index (χ0) is 19.0. The SMILES string of the molecule is CCCC(/C=C/C(=O)OCC)N1CCC(NC(=O)OC(C)(C)C)C1=O. The number of likely N-dealkylation sites (tertiary alicyclic amines) is 1. The first-order valence-electron chi connectivity index (χ1n) is 8.82. The average molecular weight is 354 g/mol. The summed E-state index contributed by atoms with van der Waals surface area (Å²) in [6.07, 6.45) is 4.60. The third kappa shape index (κ3) is 7.15. The molecule has 0 aromatic rings. The first-order chi connectivity index (χ1) is 11.7. The number of nitrogens with zero attached hydrogens (tertiary/aromatic N) is 1. The van der Waals surface area contributed by atoms with E-state index in [1.54, 1.807) is 38.7 Å². The van der Waals surface area contributed by atoms with E-state index in [0.717, 1.165) is 12.8 Å². The van der Waals surface area contributed by atoms with E-state index in [4.69, 9.17) is 9.47 Å². The van der Waals surface area contributed by atoms with E-state index in [0.29, 0.717) is 19.6 Å². The predicted octanol–water partition coefficient (Wildman–Crippen LogP) is 2.40. The molecular weight excluding hydrogens is 324 g/mol. The Morgan fingerprint density at radius 3 is 2.60 bits per heavy atom. The zero-order valence-electron chi connectivity index (χ0n) is 15.8. The van der Waals surface area contributed by atoms with Crippen molar-refractivity contribution in [2.24, 2.45) is 0 Å². The minimum absolute atomic E-state index is 0.155. The highest BCUT2D eigenvalue weighted by molar-refractivity contribution is 5.88. The summed E-state index contributed by atoms with van der Waals surface area (Å²) in [5.74, 6) is -0.573. The molecule has 2 unspecified atom stereocenters. The number of amides is 2. The second-order valence-corrected chi connectivity index (χ2v) is 6.99. The van der Waals surface area contributed by atoms with Gasteiger partial charge in [0.15, 0.2) is 0 Å². The van der Waals surface area contributed by atoms with Gasteiger partial charge in [0.1, 0.15) is 11.6 Å². The average Bonchev–Trinajstić information content (AvgIpc) is 2.83. The van der Waals surface area contributed by atoms with Crippen molar-refractivity contribution >= 4 is 18.0 Å². The van der Waals surface area contributed by atoms with Crippen LogP contribution in [0.1, 0.15) is 53.9 Å². The Morgan fingerprint density at radius 2 is 2.04 bits per heavy atom. The highest BCUT2D eigenvalue weighted by atomic mass is 16.6. The number of rotatable bonds is 7. The molecule has 0 saturated carbocycles. The van der Waals surface area contributed by atoms with E-state index in [-0.39, 0.29) is 11.9 Å². The number of esters is 1. The number of carbonyl (C=O) groups excluding carboxylic acids is 3. The molecule has 1 fully saturated rings. The fourth-order valence-corrected chi connectivity index (χ4v) is 2.65. The van der Waals surface area contributed by atoms with Crippen molar-refractivity contribution in [3.8, 4) is 0 Å². The van der Waals surface area contributed by atoms with Gasteiger partial charge in [-0.05, 0) is 40.5 Å². The molecule has 1 saturated heterocycles. The fraction of sp³-hybridized carbons (Fsp3) is 0.722. The monoisotopic (exact) mass is 354 g/mol.